The molecule has 7 nitrogen and oxygen atoms in total. The minimum atomic E-state index is -0.506. The first kappa shape index (κ1) is 19.5. The highest BCUT2D eigenvalue weighted by Gasteiger charge is 2.39. The van der Waals surface area contributed by atoms with Gasteiger partial charge >= 0.3 is 0 Å². The van der Waals surface area contributed by atoms with Crippen molar-refractivity contribution < 1.29 is 14.5 Å². The van der Waals surface area contributed by atoms with Gasteiger partial charge in [-0.2, -0.15) is 0 Å². The van der Waals surface area contributed by atoms with Gasteiger partial charge in [-0.05, 0) is 41.5 Å². The largest absolute Gasteiger partial charge is 0.269 e. The van der Waals surface area contributed by atoms with Gasteiger partial charge in [-0.3, -0.25) is 29.6 Å². The van der Waals surface area contributed by atoms with Crippen molar-refractivity contribution in [2.75, 3.05) is 0 Å². The van der Waals surface area contributed by atoms with Gasteiger partial charge in [-0.25, -0.2) is 0 Å². The van der Waals surface area contributed by atoms with Gasteiger partial charge in [-0.1, -0.05) is 36.0 Å². The Balaban J connectivity index is 1.74. The van der Waals surface area contributed by atoms with Crippen molar-refractivity contribution in [2.45, 2.75) is 11.4 Å². The van der Waals surface area contributed by atoms with Crippen molar-refractivity contribution in [2.24, 2.45) is 0 Å². The maximum atomic E-state index is 13.2. The molecule has 3 aromatic rings. The van der Waals surface area contributed by atoms with Crippen molar-refractivity contribution in [3.63, 3.8) is 0 Å². The summed E-state index contributed by atoms with van der Waals surface area (Å²) in [7, 11) is 0. The number of nitro benzene ring substituents is 1. The molecule has 0 spiro atoms. The first-order valence-electron chi connectivity index (χ1n) is 9.01. The fourth-order valence-corrected chi connectivity index (χ4v) is 4.11. The van der Waals surface area contributed by atoms with E-state index in [2.05, 4.69) is 4.98 Å². The quantitative estimate of drug-likeness (QED) is 0.341. The van der Waals surface area contributed by atoms with Crippen LogP contribution in [0.2, 0.25) is 0 Å². The minimum absolute atomic E-state index is 0.0828. The van der Waals surface area contributed by atoms with Crippen LogP contribution in [0.4, 0.5) is 5.69 Å². The van der Waals surface area contributed by atoms with Crippen LogP contribution >= 0.6 is 11.8 Å². The maximum absolute atomic E-state index is 13.2. The molecule has 0 bridgehead atoms. The number of carbonyl (C=O) groups excluding carboxylic acids is 2. The standard InChI is InChI=1S/C22H15N3O4S/c26-21-19(16-8-10-17(11-9-16)25(28)29)20(30-18-6-2-1-3-7-18)22(27)24(21)14-15-5-4-12-23-13-15/h1-13H,14H2. The van der Waals surface area contributed by atoms with Crippen LogP contribution in [0.25, 0.3) is 5.57 Å². The average molecular weight is 417 g/mol. The minimum Gasteiger partial charge on any atom is -0.269 e. The maximum Gasteiger partial charge on any atom is 0.269 e. The summed E-state index contributed by atoms with van der Waals surface area (Å²) in [6.45, 7) is 0.0981. The number of carbonyl (C=O) groups is 2. The molecule has 0 atom stereocenters. The van der Waals surface area contributed by atoms with Gasteiger partial charge in [0.25, 0.3) is 17.5 Å². The number of aromatic nitrogens is 1. The second-order valence-corrected chi connectivity index (χ2v) is 7.56. The lowest BCUT2D eigenvalue weighted by molar-refractivity contribution is -0.384. The molecule has 0 aliphatic carbocycles. The summed E-state index contributed by atoms with van der Waals surface area (Å²) in [5, 5.41) is 11.0. The van der Waals surface area contributed by atoms with Gasteiger partial charge < -0.3 is 0 Å². The van der Waals surface area contributed by atoms with Crippen LogP contribution in [-0.2, 0) is 16.1 Å². The lowest BCUT2D eigenvalue weighted by atomic mass is 10.1. The monoisotopic (exact) mass is 417 g/mol. The van der Waals surface area contributed by atoms with E-state index in [1.807, 2.05) is 30.3 Å². The summed E-state index contributed by atoms with van der Waals surface area (Å²) >= 11 is 1.21. The summed E-state index contributed by atoms with van der Waals surface area (Å²) in [4.78, 5) is 43.2. The number of nitro groups is 1. The van der Waals surface area contributed by atoms with E-state index in [0.29, 0.717) is 10.5 Å². The normalized spacial score (nSPS) is 13.8. The summed E-state index contributed by atoms with van der Waals surface area (Å²) in [5.41, 5.74) is 1.35. The lowest BCUT2D eigenvalue weighted by Gasteiger charge is -2.15. The molecule has 2 aromatic carbocycles. The number of imide groups is 1. The van der Waals surface area contributed by atoms with Gasteiger partial charge in [-0.15, -0.1) is 0 Å². The van der Waals surface area contributed by atoms with E-state index in [-0.39, 0.29) is 17.8 Å². The van der Waals surface area contributed by atoms with Crippen LogP contribution < -0.4 is 0 Å². The summed E-state index contributed by atoms with van der Waals surface area (Å²) in [6.07, 6.45) is 3.23. The van der Waals surface area contributed by atoms with E-state index < -0.39 is 16.7 Å². The van der Waals surface area contributed by atoms with Crippen molar-refractivity contribution in [3.05, 3.63) is 105 Å². The Morgan fingerprint density at radius 3 is 2.30 bits per heavy atom. The Morgan fingerprint density at radius 2 is 1.67 bits per heavy atom. The predicted octanol–water partition coefficient (Wildman–Crippen LogP) is 4.06. The molecule has 30 heavy (non-hydrogen) atoms. The highest BCUT2D eigenvalue weighted by atomic mass is 32.2. The van der Waals surface area contributed by atoms with Gasteiger partial charge in [0, 0.05) is 29.4 Å². The average Bonchev–Trinajstić information content (AvgIpc) is 2.99. The number of thioether (sulfide) groups is 1. The third-order valence-corrected chi connectivity index (χ3v) is 5.61. The Kier molecular flexibility index (Phi) is 5.40. The molecule has 8 heteroatoms. The summed E-state index contributed by atoms with van der Waals surface area (Å²) < 4.78 is 0. The number of hydrogen-bond acceptors (Lipinski definition) is 6. The topological polar surface area (TPSA) is 93.4 Å². The zero-order chi connectivity index (χ0) is 21.1. The van der Waals surface area contributed by atoms with Crippen molar-refractivity contribution in [3.8, 4) is 0 Å². The molecule has 0 unspecified atom stereocenters. The number of amides is 2. The molecule has 1 aliphatic heterocycles. The van der Waals surface area contributed by atoms with Gasteiger partial charge in [0.15, 0.2) is 0 Å². The first-order chi connectivity index (χ1) is 14.5. The highest BCUT2D eigenvalue weighted by Crippen LogP contribution is 2.40. The molecule has 4 rings (SSSR count). The molecule has 1 aromatic heterocycles. The van der Waals surface area contributed by atoms with Crippen LogP contribution in [0.1, 0.15) is 11.1 Å². The second kappa shape index (κ2) is 8.30. The van der Waals surface area contributed by atoms with Crippen molar-refractivity contribution in [1.29, 1.82) is 0 Å². The highest BCUT2D eigenvalue weighted by molar-refractivity contribution is 8.04. The summed E-state index contributed by atoms with van der Waals surface area (Å²) in [6, 6.07) is 18.5. The van der Waals surface area contributed by atoms with Crippen molar-refractivity contribution >= 4 is 34.8 Å². The fraction of sp³-hybridized carbons (Fsp3) is 0.0455. The van der Waals surface area contributed by atoms with E-state index in [0.717, 1.165) is 10.5 Å². The third kappa shape index (κ3) is 3.85. The molecule has 0 radical (unpaired) electrons. The van der Waals surface area contributed by atoms with Gasteiger partial charge in [0.2, 0.25) is 0 Å². The Morgan fingerprint density at radius 1 is 0.933 bits per heavy atom. The molecule has 2 heterocycles. The molecule has 1 aliphatic rings. The van der Waals surface area contributed by atoms with Gasteiger partial charge in [0.1, 0.15) is 0 Å². The zero-order valence-electron chi connectivity index (χ0n) is 15.6. The Hall–Kier alpha value is -3.78. The number of hydrogen-bond donors (Lipinski definition) is 0. The molecule has 0 N–H and O–H groups in total. The zero-order valence-corrected chi connectivity index (χ0v) is 16.4. The number of pyridine rings is 1. The first-order valence-corrected chi connectivity index (χ1v) is 9.83. The lowest BCUT2D eigenvalue weighted by Crippen LogP contribution is -2.30. The third-order valence-electron chi connectivity index (χ3n) is 4.52. The Labute approximate surface area is 176 Å². The smallest absolute Gasteiger partial charge is 0.269 e. The van der Waals surface area contributed by atoms with Crippen LogP contribution in [0.3, 0.4) is 0 Å². The molecule has 0 saturated carbocycles. The van der Waals surface area contributed by atoms with Crippen molar-refractivity contribution in [1.82, 2.24) is 9.88 Å². The van der Waals surface area contributed by atoms with Gasteiger partial charge in [0.05, 0.1) is 21.9 Å². The van der Waals surface area contributed by atoms with E-state index in [1.54, 1.807) is 24.5 Å². The predicted molar refractivity (Wildman–Crippen MR) is 112 cm³/mol. The fourth-order valence-electron chi connectivity index (χ4n) is 3.08. The number of benzene rings is 2. The summed E-state index contributed by atoms with van der Waals surface area (Å²) in [5.74, 6) is -0.831. The molecular formula is C22H15N3O4S. The molecule has 0 saturated heterocycles. The van der Waals surface area contributed by atoms with Crippen LogP contribution in [-0.4, -0.2) is 26.6 Å². The number of nitrogens with zero attached hydrogens (tertiary/aromatic N) is 3. The number of rotatable bonds is 6. The van der Waals surface area contributed by atoms with Crippen LogP contribution in [0.15, 0.2) is 88.9 Å². The van der Waals surface area contributed by atoms with E-state index in [9.17, 15) is 19.7 Å². The Bertz CT molecular complexity index is 1150. The van der Waals surface area contributed by atoms with Crippen LogP contribution in [0.5, 0.6) is 0 Å². The second-order valence-electron chi connectivity index (χ2n) is 6.48. The SMILES string of the molecule is O=C1C(Sc2ccccc2)=C(c2ccc([N+](=O)[O-])cc2)C(=O)N1Cc1cccnc1. The molecule has 148 valence electrons. The van der Waals surface area contributed by atoms with Crippen LogP contribution in [0, 0.1) is 10.1 Å². The molecular weight excluding hydrogens is 402 g/mol. The van der Waals surface area contributed by atoms with E-state index >= 15 is 0 Å². The molecule has 2 amide bonds. The number of non-ortho nitro benzene ring substituents is 1. The van der Waals surface area contributed by atoms with E-state index in [4.69, 9.17) is 0 Å². The van der Waals surface area contributed by atoms with E-state index in [1.165, 1.54) is 40.9 Å². The molecule has 0 fully saturated rings.